The van der Waals surface area contributed by atoms with Crippen LogP contribution in [-0.2, 0) is 11.1 Å². The second kappa shape index (κ2) is 4.49. The number of nitrogens with zero attached hydrogens (tertiary/aromatic N) is 1. The lowest BCUT2D eigenvalue weighted by molar-refractivity contribution is -0.388. The fourth-order valence-electron chi connectivity index (χ4n) is 1.21. The van der Waals surface area contributed by atoms with Crippen LogP contribution in [0.4, 0.5) is 24.5 Å². The summed E-state index contributed by atoms with van der Waals surface area (Å²) in [5.41, 5.74) is 0.727. The second-order valence-electron chi connectivity index (χ2n) is 3.09. The van der Waals surface area contributed by atoms with Crippen molar-refractivity contribution in [1.82, 2.24) is 0 Å². The van der Waals surface area contributed by atoms with Gasteiger partial charge in [-0.1, -0.05) is 0 Å². The van der Waals surface area contributed by atoms with Gasteiger partial charge < -0.3 is 5.73 Å². The van der Waals surface area contributed by atoms with Gasteiger partial charge in [0, 0.05) is 11.8 Å². The largest absolute Gasteiger partial charge is 0.423 e. The van der Waals surface area contributed by atoms with E-state index in [1.807, 2.05) is 0 Å². The Labute approximate surface area is 96.6 Å². The first kappa shape index (κ1) is 13.7. The van der Waals surface area contributed by atoms with Crippen LogP contribution in [0.5, 0.6) is 0 Å². The molecule has 1 aromatic rings. The molecule has 18 heavy (non-hydrogen) atoms. The van der Waals surface area contributed by atoms with Gasteiger partial charge in [0.25, 0.3) is 5.69 Å². The lowest BCUT2D eigenvalue weighted by Crippen LogP contribution is -2.13. The number of rotatable bonds is 2. The smallest absolute Gasteiger partial charge is 0.398 e. The minimum absolute atomic E-state index is 0.227. The van der Waals surface area contributed by atoms with E-state index in [4.69, 9.17) is 11.0 Å². The summed E-state index contributed by atoms with van der Waals surface area (Å²) in [6.07, 6.45) is -5.00. The standard InChI is InChI=1S/C8H5F3N2O5/c9-8(10,11)4-2-5(12)3(7(14)18-17)1-6(4)13(15)16/h1-2,17H,12H2. The third kappa shape index (κ3) is 2.48. The number of hydrogen-bond donors (Lipinski definition) is 2. The molecule has 10 heteroatoms. The Morgan fingerprint density at radius 1 is 1.44 bits per heavy atom. The van der Waals surface area contributed by atoms with E-state index in [1.54, 1.807) is 0 Å². The van der Waals surface area contributed by atoms with E-state index in [1.165, 1.54) is 0 Å². The van der Waals surface area contributed by atoms with E-state index >= 15 is 0 Å². The summed E-state index contributed by atoms with van der Waals surface area (Å²) in [6.45, 7) is 0. The van der Waals surface area contributed by atoms with Crippen molar-refractivity contribution in [2.24, 2.45) is 0 Å². The van der Waals surface area contributed by atoms with Crippen molar-refractivity contribution in [3.8, 4) is 0 Å². The topological polar surface area (TPSA) is 116 Å². The van der Waals surface area contributed by atoms with E-state index in [0.717, 1.165) is 0 Å². The number of carbonyl (C=O) groups is 1. The molecule has 0 aliphatic carbocycles. The van der Waals surface area contributed by atoms with Crippen LogP contribution in [0.15, 0.2) is 12.1 Å². The predicted octanol–water partition coefficient (Wildman–Crippen LogP) is 1.83. The van der Waals surface area contributed by atoms with Gasteiger partial charge in [-0.25, -0.2) is 4.79 Å². The monoisotopic (exact) mass is 266 g/mol. The molecule has 7 nitrogen and oxygen atoms in total. The minimum atomic E-state index is -5.00. The highest BCUT2D eigenvalue weighted by Gasteiger charge is 2.39. The Hall–Kier alpha value is -2.36. The van der Waals surface area contributed by atoms with Crippen molar-refractivity contribution in [3.05, 3.63) is 33.4 Å². The van der Waals surface area contributed by atoms with Crippen molar-refractivity contribution in [2.45, 2.75) is 6.18 Å². The fraction of sp³-hybridized carbons (Fsp3) is 0.125. The zero-order valence-corrected chi connectivity index (χ0v) is 8.39. The molecule has 0 bridgehead atoms. The zero-order valence-electron chi connectivity index (χ0n) is 8.39. The molecule has 1 aromatic carbocycles. The van der Waals surface area contributed by atoms with Crippen molar-refractivity contribution in [1.29, 1.82) is 0 Å². The van der Waals surface area contributed by atoms with Gasteiger partial charge in [0.15, 0.2) is 0 Å². The number of benzene rings is 1. The number of anilines is 1. The van der Waals surface area contributed by atoms with Crippen LogP contribution < -0.4 is 5.73 Å². The third-order valence-corrected chi connectivity index (χ3v) is 1.97. The molecule has 0 unspecified atom stereocenters. The minimum Gasteiger partial charge on any atom is -0.398 e. The number of alkyl halides is 3. The molecule has 0 spiro atoms. The molecule has 0 heterocycles. The average Bonchev–Trinajstić information content (AvgIpc) is 2.26. The van der Waals surface area contributed by atoms with Crippen LogP contribution in [0.1, 0.15) is 15.9 Å². The van der Waals surface area contributed by atoms with Crippen molar-refractivity contribution in [2.75, 3.05) is 5.73 Å². The number of carbonyl (C=O) groups excluding carboxylic acids is 1. The van der Waals surface area contributed by atoms with Gasteiger partial charge in [0.1, 0.15) is 5.56 Å². The first-order valence-electron chi connectivity index (χ1n) is 4.19. The maximum atomic E-state index is 12.5. The van der Waals surface area contributed by atoms with Gasteiger partial charge in [-0.2, -0.15) is 18.4 Å². The van der Waals surface area contributed by atoms with Crippen LogP contribution in [-0.4, -0.2) is 16.1 Å². The average molecular weight is 266 g/mol. The number of nitro benzene ring substituents is 1. The lowest BCUT2D eigenvalue weighted by Gasteiger charge is -2.10. The number of nitrogen functional groups attached to an aromatic ring is 1. The van der Waals surface area contributed by atoms with E-state index in [-0.39, 0.29) is 12.1 Å². The maximum Gasteiger partial charge on any atom is 0.423 e. The first-order chi connectivity index (χ1) is 8.18. The summed E-state index contributed by atoms with van der Waals surface area (Å²) < 4.78 is 37.4. The highest BCUT2D eigenvalue weighted by Crippen LogP contribution is 2.38. The normalized spacial score (nSPS) is 11.1. The van der Waals surface area contributed by atoms with Gasteiger partial charge in [-0.15, -0.1) is 0 Å². The van der Waals surface area contributed by atoms with Crippen molar-refractivity contribution >= 4 is 17.3 Å². The fourth-order valence-corrected chi connectivity index (χ4v) is 1.21. The molecule has 0 saturated heterocycles. The van der Waals surface area contributed by atoms with E-state index < -0.39 is 39.6 Å². The number of halogens is 3. The van der Waals surface area contributed by atoms with Gasteiger partial charge in [-0.05, 0) is 6.07 Å². The first-order valence-corrected chi connectivity index (χ1v) is 4.19. The molecule has 0 aromatic heterocycles. The molecule has 0 fully saturated rings. The van der Waals surface area contributed by atoms with Gasteiger partial charge in [-0.3, -0.25) is 15.0 Å². The molecule has 0 saturated carbocycles. The number of nitrogens with two attached hydrogens (primary N) is 1. The highest BCUT2D eigenvalue weighted by molar-refractivity contribution is 5.95. The highest BCUT2D eigenvalue weighted by atomic mass is 19.4. The molecule has 0 radical (unpaired) electrons. The molecule has 1 rings (SSSR count). The number of nitro groups is 1. The second-order valence-corrected chi connectivity index (χ2v) is 3.09. The molecule has 98 valence electrons. The Morgan fingerprint density at radius 3 is 2.39 bits per heavy atom. The molecule has 0 atom stereocenters. The zero-order chi connectivity index (χ0) is 14.1. The van der Waals surface area contributed by atoms with E-state index in [9.17, 15) is 28.1 Å². The van der Waals surface area contributed by atoms with Gasteiger partial charge in [0.05, 0.1) is 10.5 Å². The van der Waals surface area contributed by atoms with E-state index in [0.29, 0.717) is 0 Å². The molecule has 0 amide bonds. The van der Waals surface area contributed by atoms with Crippen LogP contribution in [0, 0.1) is 10.1 Å². The van der Waals surface area contributed by atoms with Crippen molar-refractivity contribution < 1.29 is 33.0 Å². The van der Waals surface area contributed by atoms with Crippen LogP contribution in [0.2, 0.25) is 0 Å². The van der Waals surface area contributed by atoms with Crippen LogP contribution in [0.3, 0.4) is 0 Å². The molecular formula is C8H5F3N2O5. The lowest BCUT2D eigenvalue weighted by atomic mass is 10.1. The van der Waals surface area contributed by atoms with Gasteiger partial charge in [0.2, 0.25) is 0 Å². The molecule has 0 aliphatic heterocycles. The summed E-state index contributed by atoms with van der Waals surface area (Å²) >= 11 is 0. The number of hydrogen-bond acceptors (Lipinski definition) is 6. The third-order valence-electron chi connectivity index (χ3n) is 1.97. The Balaban J connectivity index is 3.54. The van der Waals surface area contributed by atoms with Crippen molar-refractivity contribution in [3.63, 3.8) is 0 Å². The summed E-state index contributed by atoms with van der Waals surface area (Å²) in [7, 11) is 0. The quantitative estimate of drug-likeness (QED) is 0.365. The van der Waals surface area contributed by atoms with Crippen LogP contribution >= 0.6 is 0 Å². The summed E-state index contributed by atoms with van der Waals surface area (Å²) in [6, 6.07) is 0.515. The summed E-state index contributed by atoms with van der Waals surface area (Å²) in [5.74, 6) is -1.50. The van der Waals surface area contributed by atoms with Gasteiger partial charge >= 0.3 is 12.1 Å². The maximum absolute atomic E-state index is 12.5. The summed E-state index contributed by atoms with van der Waals surface area (Å²) in [4.78, 5) is 23.3. The van der Waals surface area contributed by atoms with Crippen LogP contribution in [0.25, 0.3) is 0 Å². The predicted molar refractivity (Wildman–Crippen MR) is 50.6 cm³/mol. The van der Waals surface area contributed by atoms with E-state index in [2.05, 4.69) is 4.89 Å². The molecule has 3 N–H and O–H groups in total. The Kier molecular flexibility index (Phi) is 3.42. The Bertz CT molecular complexity index is 514. The molecular weight excluding hydrogens is 261 g/mol. The SMILES string of the molecule is Nc1cc(C(F)(F)F)c([N+](=O)[O-])cc1C(=O)OO. The summed E-state index contributed by atoms with van der Waals surface area (Å²) in [5, 5.41) is 18.6. The Morgan fingerprint density at radius 2 is 2.00 bits per heavy atom. The molecule has 0 aliphatic rings.